The van der Waals surface area contributed by atoms with Crippen molar-refractivity contribution in [1.82, 2.24) is 0 Å². The summed E-state index contributed by atoms with van der Waals surface area (Å²) < 4.78 is 0. The van der Waals surface area contributed by atoms with Crippen LogP contribution < -0.4 is 0 Å². The van der Waals surface area contributed by atoms with Crippen LogP contribution in [0.5, 0.6) is 0 Å². The van der Waals surface area contributed by atoms with Crippen LogP contribution in [0.3, 0.4) is 0 Å². The average molecular weight is 261 g/mol. The summed E-state index contributed by atoms with van der Waals surface area (Å²) in [4.78, 5) is 1.56. The molecule has 2 heteroatoms. The SMILES string of the molecule is CCc1ccsc1CC(C)(C)CBr. The van der Waals surface area contributed by atoms with Crippen LogP contribution in [0.2, 0.25) is 0 Å². The van der Waals surface area contributed by atoms with Gasteiger partial charge in [-0.2, -0.15) is 0 Å². The molecule has 0 fully saturated rings. The van der Waals surface area contributed by atoms with Gasteiger partial charge in [0.25, 0.3) is 0 Å². The molecule has 0 aliphatic carbocycles. The van der Waals surface area contributed by atoms with Crippen LogP contribution in [0.15, 0.2) is 11.4 Å². The Hall–Kier alpha value is 0.180. The fourth-order valence-corrected chi connectivity index (χ4v) is 2.75. The minimum absolute atomic E-state index is 0.384. The fraction of sp³-hybridized carbons (Fsp3) is 0.636. The van der Waals surface area contributed by atoms with E-state index in [4.69, 9.17) is 0 Å². The Labute approximate surface area is 93.5 Å². The molecular formula is C11H17BrS. The molecule has 0 aromatic carbocycles. The van der Waals surface area contributed by atoms with E-state index >= 15 is 0 Å². The van der Waals surface area contributed by atoms with Crippen LogP contribution in [0.1, 0.15) is 31.2 Å². The smallest absolute Gasteiger partial charge is 0.00861 e. The molecule has 0 atom stereocenters. The van der Waals surface area contributed by atoms with Crippen LogP contribution in [0.4, 0.5) is 0 Å². The number of rotatable bonds is 4. The van der Waals surface area contributed by atoms with Crippen molar-refractivity contribution >= 4 is 27.3 Å². The molecule has 0 N–H and O–H groups in total. The van der Waals surface area contributed by atoms with E-state index in [1.807, 2.05) is 11.3 Å². The first-order valence-electron chi connectivity index (χ1n) is 4.70. The zero-order chi connectivity index (χ0) is 9.90. The molecule has 0 aliphatic heterocycles. The molecule has 74 valence electrons. The van der Waals surface area contributed by atoms with E-state index in [1.165, 1.54) is 12.0 Å². The average Bonchev–Trinajstić information content (AvgIpc) is 2.51. The summed E-state index contributed by atoms with van der Waals surface area (Å²) in [7, 11) is 0. The maximum Gasteiger partial charge on any atom is 0.00861 e. The molecule has 13 heavy (non-hydrogen) atoms. The van der Waals surface area contributed by atoms with Crippen molar-refractivity contribution in [3.8, 4) is 0 Å². The number of aryl methyl sites for hydroxylation is 1. The highest BCUT2D eigenvalue weighted by atomic mass is 79.9. The standard InChI is InChI=1S/C11H17BrS/c1-4-9-5-6-13-10(9)7-11(2,3)8-12/h5-6H,4,7-8H2,1-3H3. The van der Waals surface area contributed by atoms with Crippen LogP contribution in [-0.4, -0.2) is 5.33 Å². The van der Waals surface area contributed by atoms with Gasteiger partial charge in [-0.15, -0.1) is 11.3 Å². The lowest BCUT2D eigenvalue weighted by molar-refractivity contribution is 0.427. The second kappa shape index (κ2) is 4.61. The van der Waals surface area contributed by atoms with Gasteiger partial charge >= 0.3 is 0 Å². The van der Waals surface area contributed by atoms with Gasteiger partial charge in [0, 0.05) is 10.2 Å². The van der Waals surface area contributed by atoms with Crippen molar-refractivity contribution in [3.63, 3.8) is 0 Å². The van der Waals surface area contributed by atoms with Crippen molar-refractivity contribution < 1.29 is 0 Å². The lowest BCUT2D eigenvalue weighted by atomic mass is 9.90. The molecule has 1 aromatic heterocycles. The summed E-state index contributed by atoms with van der Waals surface area (Å²) in [6.07, 6.45) is 2.36. The largest absolute Gasteiger partial charge is 0.149 e. The van der Waals surface area contributed by atoms with Gasteiger partial charge < -0.3 is 0 Å². The first-order chi connectivity index (χ1) is 6.09. The van der Waals surface area contributed by atoms with E-state index < -0.39 is 0 Å². The van der Waals surface area contributed by atoms with Crippen LogP contribution in [0, 0.1) is 5.41 Å². The Balaban J connectivity index is 2.73. The second-order valence-corrected chi connectivity index (χ2v) is 5.76. The fourth-order valence-electron chi connectivity index (χ4n) is 1.32. The van der Waals surface area contributed by atoms with Gasteiger partial charge in [-0.05, 0) is 35.3 Å². The van der Waals surface area contributed by atoms with Gasteiger partial charge in [-0.1, -0.05) is 36.7 Å². The number of thiophene rings is 1. The molecule has 1 heterocycles. The number of hydrogen-bond donors (Lipinski definition) is 0. The highest BCUT2D eigenvalue weighted by Gasteiger charge is 2.18. The molecule has 0 unspecified atom stereocenters. The third-order valence-electron chi connectivity index (χ3n) is 2.22. The first-order valence-corrected chi connectivity index (χ1v) is 6.70. The van der Waals surface area contributed by atoms with Gasteiger partial charge in [0.15, 0.2) is 0 Å². The topological polar surface area (TPSA) is 0 Å². The quantitative estimate of drug-likeness (QED) is 0.710. The Kier molecular flexibility index (Phi) is 3.99. The van der Waals surface area contributed by atoms with Crippen molar-refractivity contribution in [1.29, 1.82) is 0 Å². The molecule has 0 aliphatic rings. The first kappa shape index (κ1) is 11.3. The monoisotopic (exact) mass is 260 g/mol. The van der Waals surface area contributed by atoms with Crippen LogP contribution in [-0.2, 0) is 12.8 Å². The highest BCUT2D eigenvalue weighted by Crippen LogP contribution is 2.29. The molecule has 0 saturated carbocycles. The summed E-state index contributed by atoms with van der Waals surface area (Å²) in [6.45, 7) is 6.84. The maximum atomic E-state index is 3.57. The molecule has 0 spiro atoms. The summed E-state index contributed by atoms with van der Waals surface area (Å²) in [6, 6.07) is 2.25. The van der Waals surface area contributed by atoms with Crippen molar-refractivity contribution in [2.75, 3.05) is 5.33 Å². The van der Waals surface area contributed by atoms with Crippen molar-refractivity contribution in [2.45, 2.75) is 33.6 Å². The van der Waals surface area contributed by atoms with E-state index in [0.29, 0.717) is 5.41 Å². The lowest BCUT2D eigenvalue weighted by Gasteiger charge is -2.21. The third-order valence-corrected chi connectivity index (χ3v) is 4.70. The van der Waals surface area contributed by atoms with E-state index in [9.17, 15) is 0 Å². The lowest BCUT2D eigenvalue weighted by Crippen LogP contribution is -2.16. The maximum absolute atomic E-state index is 3.57. The number of alkyl halides is 1. The Morgan fingerprint density at radius 1 is 1.46 bits per heavy atom. The van der Waals surface area contributed by atoms with Crippen molar-refractivity contribution in [3.05, 3.63) is 21.9 Å². The predicted molar refractivity (Wildman–Crippen MR) is 65.0 cm³/mol. The third kappa shape index (κ3) is 3.10. The summed E-state index contributed by atoms with van der Waals surface area (Å²) in [5.41, 5.74) is 1.91. The van der Waals surface area contributed by atoms with E-state index in [-0.39, 0.29) is 0 Å². The van der Waals surface area contributed by atoms with E-state index in [2.05, 4.69) is 48.1 Å². The number of halogens is 1. The Morgan fingerprint density at radius 3 is 2.69 bits per heavy atom. The molecule has 1 rings (SSSR count). The van der Waals surface area contributed by atoms with Gasteiger partial charge in [0.05, 0.1) is 0 Å². The molecule has 0 bridgehead atoms. The van der Waals surface area contributed by atoms with Gasteiger partial charge in [-0.25, -0.2) is 0 Å². The minimum Gasteiger partial charge on any atom is -0.149 e. The zero-order valence-corrected chi connectivity index (χ0v) is 11.0. The predicted octanol–water partition coefficient (Wildman–Crippen LogP) is 4.27. The molecular weight excluding hydrogens is 244 g/mol. The van der Waals surface area contributed by atoms with Crippen molar-refractivity contribution in [2.24, 2.45) is 5.41 Å². The minimum atomic E-state index is 0.384. The van der Waals surface area contributed by atoms with E-state index in [0.717, 1.165) is 11.8 Å². The van der Waals surface area contributed by atoms with Gasteiger partial charge in [0.2, 0.25) is 0 Å². The van der Waals surface area contributed by atoms with Crippen LogP contribution in [0.25, 0.3) is 0 Å². The van der Waals surface area contributed by atoms with E-state index in [1.54, 1.807) is 4.88 Å². The number of hydrogen-bond acceptors (Lipinski definition) is 1. The van der Waals surface area contributed by atoms with Gasteiger partial charge in [-0.3, -0.25) is 0 Å². The molecule has 1 aromatic rings. The molecule has 0 saturated heterocycles. The molecule has 0 amide bonds. The zero-order valence-electron chi connectivity index (χ0n) is 8.56. The molecule has 0 nitrogen and oxygen atoms in total. The molecule has 0 radical (unpaired) electrons. The highest BCUT2D eigenvalue weighted by molar-refractivity contribution is 9.09. The summed E-state index contributed by atoms with van der Waals surface area (Å²) in [5.74, 6) is 0. The summed E-state index contributed by atoms with van der Waals surface area (Å²) >= 11 is 5.46. The Bertz CT molecular complexity index is 263. The summed E-state index contributed by atoms with van der Waals surface area (Å²) in [5, 5.41) is 3.28. The Morgan fingerprint density at radius 2 is 2.15 bits per heavy atom. The second-order valence-electron chi connectivity index (χ2n) is 4.20. The van der Waals surface area contributed by atoms with Gasteiger partial charge in [0.1, 0.15) is 0 Å². The normalized spacial score (nSPS) is 12.0. The van der Waals surface area contributed by atoms with Crippen LogP contribution >= 0.6 is 27.3 Å².